The molecule has 1 rings (SSSR count). The molecule has 0 spiro atoms. The second-order valence-corrected chi connectivity index (χ2v) is 5.23. The molecule has 0 amide bonds. The normalized spacial score (nSPS) is 13.5. The van der Waals surface area contributed by atoms with Crippen LogP contribution in [0.1, 0.15) is 26.3 Å². The summed E-state index contributed by atoms with van der Waals surface area (Å²) in [6.07, 6.45) is 3.70. The monoisotopic (exact) mass is 239 g/mol. The maximum absolute atomic E-state index is 11.7. The van der Waals surface area contributed by atoms with Gasteiger partial charge in [-0.15, -0.1) is 0 Å². The number of rotatable bonds is 4. The van der Waals surface area contributed by atoms with E-state index in [4.69, 9.17) is 4.74 Å². The van der Waals surface area contributed by atoms with Crippen molar-refractivity contribution in [2.24, 2.45) is 12.5 Å². The Morgan fingerprint density at radius 2 is 2.24 bits per heavy atom. The molecule has 96 valence electrons. The van der Waals surface area contributed by atoms with Gasteiger partial charge in [0.2, 0.25) is 0 Å². The molecule has 5 heteroatoms. The van der Waals surface area contributed by atoms with E-state index in [2.05, 4.69) is 10.4 Å². The molecule has 17 heavy (non-hydrogen) atoms. The summed E-state index contributed by atoms with van der Waals surface area (Å²) in [4.78, 5) is 11.7. The Hall–Kier alpha value is -1.36. The molecule has 0 radical (unpaired) electrons. The summed E-state index contributed by atoms with van der Waals surface area (Å²) in [7, 11) is 3.28. The highest BCUT2D eigenvalue weighted by atomic mass is 16.5. The molecule has 1 atom stereocenters. The molecule has 0 aliphatic heterocycles. The molecule has 0 aromatic carbocycles. The summed E-state index contributed by atoms with van der Waals surface area (Å²) < 4.78 is 6.55. The first-order valence-electron chi connectivity index (χ1n) is 5.63. The van der Waals surface area contributed by atoms with Gasteiger partial charge in [-0.25, -0.2) is 0 Å². The van der Waals surface area contributed by atoms with Crippen LogP contribution in [0.4, 0.5) is 0 Å². The van der Waals surface area contributed by atoms with E-state index in [-0.39, 0.29) is 17.4 Å². The fourth-order valence-corrected chi connectivity index (χ4v) is 1.64. The third-order valence-electron chi connectivity index (χ3n) is 2.57. The molecule has 5 nitrogen and oxygen atoms in total. The number of nitrogens with one attached hydrogen (secondary N) is 1. The van der Waals surface area contributed by atoms with Crippen LogP contribution in [0.15, 0.2) is 12.4 Å². The van der Waals surface area contributed by atoms with Crippen molar-refractivity contribution in [2.75, 3.05) is 7.11 Å². The average molecular weight is 239 g/mol. The number of ether oxygens (including phenoxy) is 1. The summed E-state index contributed by atoms with van der Waals surface area (Å²) in [5.41, 5.74) is 0.862. The number of aromatic nitrogens is 2. The summed E-state index contributed by atoms with van der Waals surface area (Å²) in [5, 5.41) is 7.29. The lowest BCUT2D eigenvalue weighted by molar-refractivity contribution is -0.146. The summed E-state index contributed by atoms with van der Waals surface area (Å²) in [6, 6.07) is -0.326. The molecule has 1 heterocycles. The van der Waals surface area contributed by atoms with Crippen molar-refractivity contribution in [2.45, 2.75) is 33.4 Å². The van der Waals surface area contributed by atoms with Gasteiger partial charge in [-0.1, -0.05) is 20.8 Å². The summed E-state index contributed by atoms with van der Waals surface area (Å²) in [5.74, 6) is -0.235. The van der Waals surface area contributed by atoms with Gasteiger partial charge in [-0.3, -0.25) is 14.8 Å². The van der Waals surface area contributed by atoms with Gasteiger partial charge in [0, 0.05) is 25.4 Å². The standard InChI is InChI=1S/C12H21N3O2/c1-12(2,3)10(11(16)17-5)13-6-9-7-14-15(4)8-9/h7-8,10,13H,6H2,1-5H3. The Bertz CT molecular complexity index is 379. The van der Waals surface area contributed by atoms with E-state index < -0.39 is 0 Å². The predicted molar refractivity (Wildman–Crippen MR) is 65.3 cm³/mol. The number of nitrogens with zero attached hydrogens (tertiary/aromatic N) is 2. The van der Waals surface area contributed by atoms with E-state index in [0.717, 1.165) is 5.56 Å². The average Bonchev–Trinajstić information content (AvgIpc) is 2.62. The van der Waals surface area contributed by atoms with Gasteiger partial charge in [-0.05, 0) is 5.41 Å². The number of esters is 1. The van der Waals surface area contributed by atoms with Gasteiger partial charge < -0.3 is 4.74 Å². The topological polar surface area (TPSA) is 56.1 Å². The second-order valence-electron chi connectivity index (χ2n) is 5.23. The number of aryl methyl sites for hydroxylation is 1. The quantitative estimate of drug-likeness (QED) is 0.799. The lowest BCUT2D eigenvalue weighted by Gasteiger charge is -2.29. The lowest BCUT2D eigenvalue weighted by Crippen LogP contribution is -2.46. The van der Waals surface area contributed by atoms with Crippen LogP contribution in [-0.2, 0) is 23.1 Å². The van der Waals surface area contributed by atoms with Crippen LogP contribution in [0, 0.1) is 5.41 Å². The van der Waals surface area contributed by atoms with Crippen LogP contribution in [0.3, 0.4) is 0 Å². The number of carbonyl (C=O) groups excluding carboxylic acids is 1. The van der Waals surface area contributed by atoms with Crippen molar-refractivity contribution >= 4 is 5.97 Å². The maximum atomic E-state index is 11.7. The number of methoxy groups -OCH3 is 1. The number of carbonyl (C=O) groups is 1. The number of hydrogen-bond donors (Lipinski definition) is 1. The molecule has 0 fully saturated rings. The second kappa shape index (κ2) is 5.31. The smallest absolute Gasteiger partial charge is 0.323 e. The van der Waals surface area contributed by atoms with Crippen LogP contribution in [-0.4, -0.2) is 28.9 Å². The highest BCUT2D eigenvalue weighted by molar-refractivity contribution is 5.76. The van der Waals surface area contributed by atoms with Gasteiger partial charge >= 0.3 is 5.97 Å². The fraction of sp³-hybridized carbons (Fsp3) is 0.667. The highest BCUT2D eigenvalue weighted by Gasteiger charge is 2.31. The maximum Gasteiger partial charge on any atom is 0.323 e. The van der Waals surface area contributed by atoms with Gasteiger partial charge in [0.05, 0.1) is 13.3 Å². The Morgan fingerprint density at radius 1 is 1.59 bits per heavy atom. The van der Waals surface area contributed by atoms with E-state index in [1.807, 2.05) is 34.0 Å². The van der Waals surface area contributed by atoms with E-state index in [9.17, 15) is 4.79 Å². The third kappa shape index (κ3) is 3.85. The number of hydrogen-bond acceptors (Lipinski definition) is 4. The molecular weight excluding hydrogens is 218 g/mol. The molecule has 0 aliphatic rings. The zero-order chi connectivity index (χ0) is 13.1. The van der Waals surface area contributed by atoms with Gasteiger partial charge in [0.15, 0.2) is 0 Å². The van der Waals surface area contributed by atoms with Crippen molar-refractivity contribution in [1.29, 1.82) is 0 Å². The van der Waals surface area contributed by atoms with Crippen LogP contribution in [0.25, 0.3) is 0 Å². The van der Waals surface area contributed by atoms with Crippen molar-refractivity contribution in [3.05, 3.63) is 18.0 Å². The van der Waals surface area contributed by atoms with E-state index in [0.29, 0.717) is 6.54 Å². The zero-order valence-electron chi connectivity index (χ0n) is 11.2. The Kier molecular flexibility index (Phi) is 4.28. The van der Waals surface area contributed by atoms with Crippen molar-refractivity contribution in [1.82, 2.24) is 15.1 Å². The molecular formula is C12H21N3O2. The SMILES string of the molecule is COC(=O)C(NCc1cnn(C)c1)C(C)(C)C. The molecule has 0 bridgehead atoms. The van der Waals surface area contributed by atoms with E-state index >= 15 is 0 Å². The molecule has 0 aliphatic carbocycles. The van der Waals surface area contributed by atoms with Crippen molar-refractivity contribution < 1.29 is 9.53 Å². The zero-order valence-corrected chi connectivity index (χ0v) is 11.2. The molecule has 0 saturated carbocycles. The first kappa shape index (κ1) is 13.7. The van der Waals surface area contributed by atoms with Gasteiger partial charge in [0.1, 0.15) is 6.04 Å². The van der Waals surface area contributed by atoms with E-state index in [1.165, 1.54) is 7.11 Å². The lowest BCUT2D eigenvalue weighted by atomic mass is 9.86. The fourth-order valence-electron chi connectivity index (χ4n) is 1.64. The molecule has 1 N–H and O–H groups in total. The summed E-state index contributed by atoms with van der Waals surface area (Å²) >= 11 is 0. The van der Waals surface area contributed by atoms with Crippen LogP contribution in [0.5, 0.6) is 0 Å². The van der Waals surface area contributed by atoms with Gasteiger partial charge in [0.25, 0.3) is 0 Å². The molecule has 1 aromatic rings. The van der Waals surface area contributed by atoms with Crippen molar-refractivity contribution in [3.8, 4) is 0 Å². The van der Waals surface area contributed by atoms with Gasteiger partial charge in [-0.2, -0.15) is 5.10 Å². The minimum absolute atomic E-state index is 0.185. The van der Waals surface area contributed by atoms with Crippen LogP contribution >= 0.6 is 0 Å². The van der Waals surface area contributed by atoms with Crippen LogP contribution in [0.2, 0.25) is 0 Å². The highest BCUT2D eigenvalue weighted by Crippen LogP contribution is 2.20. The molecule has 1 aromatic heterocycles. The Morgan fingerprint density at radius 3 is 2.65 bits per heavy atom. The van der Waals surface area contributed by atoms with Crippen LogP contribution < -0.4 is 5.32 Å². The minimum atomic E-state index is -0.326. The largest absolute Gasteiger partial charge is 0.468 e. The summed E-state index contributed by atoms with van der Waals surface area (Å²) in [6.45, 7) is 6.62. The first-order valence-corrected chi connectivity index (χ1v) is 5.63. The Balaban J connectivity index is 2.65. The van der Waals surface area contributed by atoms with Crippen molar-refractivity contribution in [3.63, 3.8) is 0 Å². The molecule has 1 unspecified atom stereocenters. The first-order chi connectivity index (χ1) is 7.84. The Labute approximate surface area is 102 Å². The molecule has 0 saturated heterocycles. The predicted octanol–water partition coefficient (Wildman–Crippen LogP) is 1.10. The van der Waals surface area contributed by atoms with E-state index in [1.54, 1.807) is 10.9 Å². The minimum Gasteiger partial charge on any atom is -0.468 e. The third-order valence-corrected chi connectivity index (χ3v) is 2.57.